The van der Waals surface area contributed by atoms with Crippen molar-refractivity contribution in [3.05, 3.63) is 64.7 Å². The molecule has 3 rings (SSSR count). The normalized spacial score (nSPS) is 16.0. The fraction of sp³-hybridized carbons (Fsp3) is 0.417. The average molecular weight is 477 g/mol. The van der Waals surface area contributed by atoms with Crippen LogP contribution in [0.4, 0.5) is 5.69 Å². The molecule has 6 nitrogen and oxygen atoms in total. The SMILES string of the molecule is CC(C)(CN1CCC(C(=O)c2ccc(Cl)cc2)CC1)C(=O)c1ccc(NS(C)(=O)=O)cc1. The maximum atomic E-state index is 13.1. The van der Waals surface area contributed by atoms with Crippen LogP contribution < -0.4 is 4.72 Å². The minimum absolute atomic E-state index is 0.00256. The van der Waals surface area contributed by atoms with Crippen molar-refractivity contribution in [1.29, 1.82) is 0 Å². The third-order valence-electron chi connectivity index (χ3n) is 5.77. The molecule has 1 heterocycles. The second-order valence-electron chi connectivity index (χ2n) is 9.09. The van der Waals surface area contributed by atoms with E-state index in [0.717, 1.165) is 32.2 Å². The van der Waals surface area contributed by atoms with Crippen molar-refractivity contribution in [1.82, 2.24) is 4.90 Å². The molecule has 172 valence electrons. The first-order chi connectivity index (χ1) is 14.9. The number of hydrogen-bond acceptors (Lipinski definition) is 5. The summed E-state index contributed by atoms with van der Waals surface area (Å²) in [6.45, 7) is 5.96. The number of likely N-dealkylation sites (tertiary alicyclic amines) is 1. The highest BCUT2D eigenvalue weighted by Gasteiger charge is 2.33. The van der Waals surface area contributed by atoms with Gasteiger partial charge in [0, 0.05) is 39.7 Å². The number of carbonyl (C=O) groups excluding carboxylic acids is 2. The zero-order valence-electron chi connectivity index (χ0n) is 18.6. The molecular formula is C24H29ClN2O4S. The maximum Gasteiger partial charge on any atom is 0.229 e. The van der Waals surface area contributed by atoms with E-state index in [1.54, 1.807) is 48.5 Å². The van der Waals surface area contributed by atoms with Gasteiger partial charge in [-0.05, 0) is 74.5 Å². The van der Waals surface area contributed by atoms with E-state index in [9.17, 15) is 18.0 Å². The Morgan fingerprint density at radius 3 is 2.06 bits per heavy atom. The lowest BCUT2D eigenvalue weighted by Crippen LogP contribution is -2.44. The van der Waals surface area contributed by atoms with Crippen molar-refractivity contribution in [3.63, 3.8) is 0 Å². The number of nitrogens with one attached hydrogen (secondary N) is 1. The van der Waals surface area contributed by atoms with Gasteiger partial charge in [0.1, 0.15) is 0 Å². The third kappa shape index (κ3) is 6.40. The predicted octanol–water partition coefficient (Wildman–Crippen LogP) is 4.52. The van der Waals surface area contributed by atoms with Crippen molar-refractivity contribution < 1.29 is 18.0 Å². The van der Waals surface area contributed by atoms with Crippen LogP contribution in [0.3, 0.4) is 0 Å². The molecule has 1 aliphatic rings. The summed E-state index contributed by atoms with van der Waals surface area (Å²) in [4.78, 5) is 28.1. The van der Waals surface area contributed by atoms with E-state index in [1.807, 2.05) is 13.8 Å². The molecule has 0 spiro atoms. The Morgan fingerprint density at radius 2 is 1.53 bits per heavy atom. The van der Waals surface area contributed by atoms with Crippen LogP contribution >= 0.6 is 11.6 Å². The van der Waals surface area contributed by atoms with Gasteiger partial charge < -0.3 is 4.90 Å². The van der Waals surface area contributed by atoms with Gasteiger partial charge in [-0.3, -0.25) is 14.3 Å². The molecule has 0 aromatic heterocycles. The highest BCUT2D eigenvalue weighted by atomic mass is 35.5. The van der Waals surface area contributed by atoms with Crippen LogP contribution in [-0.2, 0) is 10.0 Å². The molecule has 0 amide bonds. The average Bonchev–Trinajstić information content (AvgIpc) is 2.73. The fourth-order valence-corrected chi connectivity index (χ4v) is 4.82. The second kappa shape index (κ2) is 9.73. The summed E-state index contributed by atoms with van der Waals surface area (Å²) in [5, 5.41) is 0.615. The lowest BCUT2D eigenvalue weighted by Gasteiger charge is -2.36. The molecule has 0 radical (unpaired) electrons. The van der Waals surface area contributed by atoms with Gasteiger partial charge in [-0.1, -0.05) is 25.4 Å². The van der Waals surface area contributed by atoms with E-state index in [2.05, 4.69) is 9.62 Å². The molecule has 1 aliphatic heterocycles. The Hall–Kier alpha value is -2.22. The molecular weight excluding hydrogens is 448 g/mol. The molecule has 32 heavy (non-hydrogen) atoms. The van der Waals surface area contributed by atoms with E-state index < -0.39 is 15.4 Å². The summed E-state index contributed by atoms with van der Waals surface area (Å²) in [7, 11) is -3.36. The Balaban J connectivity index is 1.57. The smallest absolute Gasteiger partial charge is 0.229 e. The van der Waals surface area contributed by atoms with E-state index in [1.165, 1.54) is 0 Å². The number of ketones is 2. The molecule has 0 aliphatic carbocycles. The number of carbonyl (C=O) groups is 2. The largest absolute Gasteiger partial charge is 0.302 e. The van der Waals surface area contributed by atoms with Crippen LogP contribution in [0.2, 0.25) is 5.02 Å². The zero-order chi connectivity index (χ0) is 23.5. The fourth-order valence-electron chi connectivity index (χ4n) is 4.13. The zero-order valence-corrected chi connectivity index (χ0v) is 20.2. The molecule has 0 saturated carbocycles. The Labute approximate surface area is 195 Å². The first-order valence-electron chi connectivity index (χ1n) is 10.6. The first kappa shape index (κ1) is 24.4. The van der Waals surface area contributed by atoms with Gasteiger partial charge >= 0.3 is 0 Å². The molecule has 2 aromatic carbocycles. The summed E-state index contributed by atoms with van der Waals surface area (Å²) in [5.41, 5.74) is 1.05. The number of rotatable bonds is 8. The second-order valence-corrected chi connectivity index (χ2v) is 11.3. The third-order valence-corrected chi connectivity index (χ3v) is 6.63. The first-order valence-corrected chi connectivity index (χ1v) is 12.9. The highest BCUT2D eigenvalue weighted by Crippen LogP contribution is 2.28. The van der Waals surface area contributed by atoms with Gasteiger partial charge in [-0.2, -0.15) is 0 Å². The lowest BCUT2D eigenvalue weighted by atomic mass is 9.82. The van der Waals surface area contributed by atoms with E-state index in [-0.39, 0.29) is 17.5 Å². The van der Waals surface area contributed by atoms with Crippen molar-refractivity contribution in [2.45, 2.75) is 26.7 Å². The van der Waals surface area contributed by atoms with Crippen molar-refractivity contribution in [2.24, 2.45) is 11.3 Å². The van der Waals surface area contributed by atoms with E-state index in [0.29, 0.717) is 28.4 Å². The molecule has 0 unspecified atom stereocenters. The van der Waals surface area contributed by atoms with Crippen LogP contribution in [-0.4, -0.2) is 50.8 Å². The summed E-state index contributed by atoms with van der Waals surface area (Å²) < 4.78 is 25.1. The standard InChI is InChI=1S/C24H29ClN2O4S/c1-24(2,23(29)19-6-10-21(11-7-19)26-32(3,30)31)16-27-14-12-18(13-15-27)22(28)17-4-8-20(25)9-5-17/h4-11,18,26H,12-16H2,1-3H3. The van der Waals surface area contributed by atoms with Gasteiger partial charge in [0.2, 0.25) is 10.0 Å². The molecule has 0 bridgehead atoms. The summed E-state index contributed by atoms with van der Waals surface area (Å²) >= 11 is 5.91. The van der Waals surface area contributed by atoms with Gasteiger partial charge in [0.25, 0.3) is 0 Å². The number of piperidine rings is 1. The molecule has 2 aromatic rings. The monoisotopic (exact) mass is 476 g/mol. The van der Waals surface area contributed by atoms with Crippen LogP contribution in [0.5, 0.6) is 0 Å². The van der Waals surface area contributed by atoms with Crippen LogP contribution in [0, 0.1) is 11.3 Å². The predicted molar refractivity (Wildman–Crippen MR) is 128 cm³/mol. The number of hydrogen-bond donors (Lipinski definition) is 1. The molecule has 8 heteroatoms. The van der Waals surface area contributed by atoms with Gasteiger partial charge in [-0.15, -0.1) is 0 Å². The maximum absolute atomic E-state index is 13.1. The van der Waals surface area contributed by atoms with Crippen LogP contribution in [0.25, 0.3) is 0 Å². The molecule has 1 saturated heterocycles. The number of sulfonamides is 1. The lowest BCUT2D eigenvalue weighted by molar-refractivity contribution is 0.0678. The molecule has 0 atom stereocenters. The van der Waals surface area contributed by atoms with E-state index >= 15 is 0 Å². The number of anilines is 1. The minimum atomic E-state index is -3.36. The van der Waals surface area contributed by atoms with Crippen molar-refractivity contribution in [2.75, 3.05) is 30.6 Å². The van der Waals surface area contributed by atoms with Gasteiger partial charge in [0.05, 0.1) is 6.26 Å². The summed E-state index contributed by atoms with van der Waals surface area (Å²) in [6.07, 6.45) is 2.61. The Morgan fingerprint density at radius 1 is 1.00 bits per heavy atom. The molecule has 1 fully saturated rings. The quantitative estimate of drug-likeness (QED) is 0.566. The number of Topliss-reactive ketones (excluding diaryl/α,β-unsaturated/α-hetero) is 2. The number of benzene rings is 2. The number of halogens is 1. The highest BCUT2D eigenvalue weighted by molar-refractivity contribution is 7.92. The minimum Gasteiger partial charge on any atom is -0.302 e. The van der Waals surface area contributed by atoms with E-state index in [4.69, 9.17) is 11.6 Å². The van der Waals surface area contributed by atoms with Crippen LogP contribution in [0.1, 0.15) is 47.4 Å². The summed E-state index contributed by atoms with van der Waals surface area (Å²) in [5.74, 6) is 0.142. The van der Waals surface area contributed by atoms with Gasteiger partial charge in [-0.25, -0.2) is 8.42 Å². The van der Waals surface area contributed by atoms with Gasteiger partial charge in [0.15, 0.2) is 11.6 Å². The molecule has 1 N–H and O–H groups in total. The summed E-state index contributed by atoms with van der Waals surface area (Å²) in [6, 6.07) is 13.5. The van der Waals surface area contributed by atoms with Crippen LogP contribution in [0.15, 0.2) is 48.5 Å². The van der Waals surface area contributed by atoms with Crippen molar-refractivity contribution in [3.8, 4) is 0 Å². The Kier molecular flexibility index (Phi) is 7.43. The number of nitrogens with zero attached hydrogens (tertiary/aromatic N) is 1. The topological polar surface area (TPSA) is 83.6 Å². The Bertz CT molecular complexity index is 1070. The van der Waals surface area contributed by atoms with Crippen molar-refractivity contribution >= 4 is 38.9 Å².